The highest BCUT2D eigenvalue weighted by atomic mass is 31.0. The maximum atomic E-state index is 3.30. The largest absolute Gasteiger partial charge is 0.121 e. The topological polar surface area (TPSA) is 0 Å². The standard InChI is InChI=1S/C30H30P2/c31-29(23-13-5-1-6-14-23,24-15-7-2-8-16-24)27-21-22-28(27)30(32,25-17-9-3-10-18-25)26-19-11-4-12-20-26/h1-20,27-28H,21-22,31-32H2/t27-,28-/m1/s1. The molecule has 0 bridgehead atoms. The molecule has 32 heavy (non-hydrogen) atoms. The summed E-state index contributed by atoms with van der Waals surface area (Å²) < 4.78 is 0. The van der Waals surface area contributed by atoms with Crippen molar-refractivity contribution in [3.8, 4) is 0 Å². The van der Waals surface area contributed by atoms with Crippen molar-refractivity contribution >= 4 is 18.5 Å². The van der Waals surface area contributed by atoms with Gasteiger partial charge in [-0.2, -0.15) is 0 Å². The van der Waals surface area contributed by atoms with Crippen LogP contribution in [0, 0.1) is 11.8 Å². The normalized spacial score (nSPS) is 18.7. The molecule has 0 aliphatic heterocycles. The molecule has 2 heteroatoms. The highest BCUT2D eigenvalue weighted by Gasteiger charge is 2.54. The second kappa shape index (κ2) is 8.94. The van der Waals surface area contributed by atoms with Crippen molar-refractivity contribution in [2.45, 2.75) is 23.2 Å². The average molecular weight is 453 g/mol. The van der Waals surface area contributed by atoms with Gasteiger partial charge in [0.25, 0.3) is 0 Å². The average Bonchev–Trinajstić information content (AvgIpc) is 2.85. The van der Waals surface area contributed by atoms with Crippen LogP contribution in [0.15, 0.2) is 121 Å². The summed E-state index contributed by atoms with van der Waals surface area (Å²) in [4.78, 5) is 0. The van der Waals surface area contributed by atoms with Gasteiger partial charge in [0.1, 0.15) is 0 Å². The Balaban J connectivity index is 1.67. The maximum absolute atomic E-state index is 3.30. The first kappa shape index (κ1) is 21.6. The molecule has 4 aromatic carbocycles. The molecule has 1 aliphatic carbocycles. The monoisotopic (exact) mass is 452 g/mol. The molecular weight excluding hydrogens is 422 g/mol. The summed E-state index contributed by atoms with van der Waals surface area (Å²) in [5.74, 6) is 0.991. The second-order valence-corrected chi connectivity index (χ2v) is 10.8. The Bertz CT molecular complexity index is 967. The molecular formula is C30H30P2. The molecule has 0 aromatic heterocycles. The van der Waals surface area contributed by atoms with E-state index in [1.165, 1.54) is 35.1 Å². The summed E-state index contributed by atoms with van der Waals surface area (Å²) in [6, 6.07) is 44.2. The predicted molar refractivity (Wildman–Crippen MR) is 143 cm³/mol. The quantitative estimate of drug-likeness (QED) is 0.264. The Morgan fingerprint density at radius 1 is 0.406 bits per heavy atom. The number of hydrogen-bond donors (Lipinski definition) is 0. The van der Waals surface area contributed by atoms with Crippen molar-refractivity contribution in [2.75, 3.05) is 0 Å². The van der Waals surface area contributed by atoms with Gasteiger partial charge < -0.3 is 0 Å². The molecule has 1 fully saturated rings. The molecule has 2 unspecified atom stereocenters. The zero-order valence-electron chi connectivity index (χ0n) is 18.3. The Hall–Kier alpha value is -2.26. The lowest BCUT2D eigenvalue weighted by atomic mass is 9.56. The fourth-order valence-electron chi connectivity index (χ4n) is 5.64. The SMILES string of the molecule is PC(c1ccccc1)(c1ccccc1)[C@@H]1CC[C@H]1C(P)(c1ccccc1)c1ccccc1. The Morgan fingerprint density at radius 3 is 0.812 bits per heavy atom. The van der Waals surface area contributed by atoms with Gasteiger partial charge in [0.05, 0.1) is 0 Å². The summed E-state index contributed by atoms with van der Waals surface area (Å²) in [5.41, 5.74) is 5.50. The first-order valence-electron chi connectivity index (χ1n) is 11.4. The van der Waals surface area contributed by atoms with Crippen LogP contribution < -0.4 is 0 Å². The Labute approximate surface area is 196 Å². The Morgan fingerprint density at radius 2 is 0.625 bits per heavy atom. The van der Waals surface area contributed by atoms with Crippen molar-refractivity contribution in [2.24, 2.45) is 11.8 Å². The minimum absolute atomic E-state index is 0.128. The highest BCUT2D eigenvalue weighted by molar-refractivity contribution is 7.19. The Kier molecular flexibility index (Phi) is 6.03. The third-order valence-corrected chi connectivity index (χ3v) is 9.64. The van der Waals surface area contributed by atoms with E-state index in [0.29, 0.717) is 11.8 Å². The molecule has 0 amide bonds. The minimum Gasteiger partial charge on any atom is -0.121 e. The minimum atomic E-state index is -0.128. The van der Waals surface area contributed by atoms with E-state index in [0.717, 1.165) is 0 Å². The summed E-state index contributed by atoms with van der Waals surface area (Å²) >= 11 is 0. The van der Waals surface area contributed by atoms with Crippen molar-refractivity contribution in [1.29, 1.82) is 0 Å². The van der Waals surface area contributed by atoms with Gasteiger partial charge in [-0.15, -0.1) is 18.5 Å². The molecule has 5 rings (SSSR count). The van der Waals surface area contributed by atoms with Crippen LogP contribution in [0.3, 0.4) is 0 Å². The fraction of sp³-hybridized carbons (Fsp3) is 0.200. The van der Waals surface area contributed by atoms with Gasteiger partial charge in [-0.05, 0) is 46.9 Å². The van der Waals surface area contributed by atoms with E-state index in [-0.39, 0.29) is 10.3 Å². The molecule has 0 saturated heterocycles. The summed E-state index contributed by atoms with van der Waals surface area (Å²) in [5, 5.41) is -0.256. The molecule has 0 heterocycles. The van der Waals surface area contributed by atoms with Gasteiger partial charge in [0.15, 0.2) is 0 Å². The zero-order valence-corrected chi connectivity index (χ0v) is 20.6. The van der Waals surface area contributed by atoms with Crippen LogP contribution in [0.2, 0.25) is 0 Å². The molecule has 1 aliphatic rings. The van der Waals surface area contributed by atoms with Crippen molar-refractivity contribution in [1.82, 2.24) is 0 Å². The van der Waals surface area contributed by atoms with Gasteiger partial charge in [-0.3, -0.25) is 0 Å². The molecule has 0 spiro atoms. The lowest BCUT2D eigenvalue weighted by Gasteiger charge is -2.56. The van der Waals surface area contributed by atoms with E-state index in [2.05, 4.69) is 140 Å². The molecule has 4 atom stereocenters. The van der Waals surface area contributed by atoms with Crippen LogP contribution in [0.1, 0.15) is 35.1 Å². The van der Waals surface area contributed by atoms with E-state index in [9.17, 15) is 0 Å². The number of rotatable bonds is 6. The predicted octanol–water partition coefficient (Wildman–Crippen LogP) is 7.65. The van der Waals surface area contributed by atoms with E-state index < -0.39 is 0 Å². The maximum Gasteiger partial charge on any atom is 0.0375 e. The van der Waals surface area contributed by atoms with Crippen LogP contribution >= 0.6 is 18.5 Å². The van der Waals surface area contributed by atoms with Crippen LogP contribution in [0.25, 0.3) is 0 Å². The molecule has 160 valence electrons. The molecule has 0 N–H and O–H groups in total. The third-order valence-electron chi connectivity index (χ3n) is 7.45. The zero-order chi connectivity index (χ0) is 22.0. The highest BCUT2D eigenvalue weighted by Crippen LogP contribution is 2.63. The summed E-state index contributed by atoms with van der Waals surface area (Å²) in [6.45, 7) is 0. The molecule has 0 nitrogen and oxygen atoms in total. The fourth-order valence-corrected chi connectivity index (χ4v) is 7.20. The van der Waals surface area contributed by atoms with Gasteiger partial charge in [0, 0.05) is 10.3 Å². The lowest BCUT2D eigenvalue weighted by molar-refractivity contribution is 0.110. The van der Waals surface area contributed by atoms with Crippen molar-refractivity contribution in [3.05, 3.63) is 144 Å². The van der Waals surface area contributed by atoms with Gasteiger partial charge in [-0.1, -0.05) is 121 Å². The molecule has 4 aromatic rings. The van der Waals surface area contributed by atoms with Gasteiger partial charge in [0.2, 0.25) is 0 Å². The second-order valence-electron chi connectivity index (χ2n) is 8.99. The number of hydrogen-bond acceptors (Lipinski definition) is 0. The first-order valence-corrected chi connectivity index (χ1v) is 12.6. The third kappa shape index (κ3) is 3.55. The van der Waals surface area contributed by atoms with Crippen LogP contribution in [0.4, 0.5) is 0 Å². The molecule has 0 radical (unpaired) electrons. The van der Waals surface area contributed by atoms with Crippen LogP contribution in [0.5, 0.6) is 0 Å². The smallest absolute Gasteiger partial charge is 0.0375 e. The van der Waals surface area contributed by atoms with E-state index in [1.54, 1.807) is 0 Å². The van der Waals surface area contributed by atoms with Crippen LogP contribution in [-0.2, 0) is 10.3 Å². The van der Waals surface area contributed by atoms with Crippen LogP contribution in [-0.4, -0.2) is 0 Å². The van der Waals surface area contributed by atoms with Crippen molar-refractivity contribution in [3.63, 3.8) is 0 Å². The van der Waals surface area contributed by atoms with Gasteiger partial charge >= 0.3 is 0 Å². The van der Waals surface area contributed by atoms with E-state index in [4.69, 9.17) is 0 Å². The molecule has 1 saturated carbocycles. The van der Waals surface area contributed by atoms with Crippen molar-refractivity contribution < 1.29 is 0 Å². The van der Waals surface area contributed by atoms with E-state index >= 15 is 0 Å². The first-order chi connectivity index (χ1) is 15.6. The van der Waals surface area contributed by atoms with E-state index in [1.807, 2.05) is 0 Å². The van der Waals surface area contributed by atoms with Gasteiger partial charge in [-0.25, -0.2) is 0 Å². The number of benzene rings is 4. The summed E-state index contributed by atoms with van der Waals surface area (Å²) in [6.07, 6.45) is 2.43. The lowest BCUT2D eigenvalue weighted by Crippen LogP contribution is -2.49. The summed E-state index contributed by atoms with van der Waals surface area (Å²) in [7, 11) is 6.61.